The SMILES string of the molecule is COC(=O)C(CCSC)NC(=O)c1ccc(OCCn2ccnc2)cc1-c1ccccc1. The van der Waals surface area contributed by atoms with Crippen molar-refractivity contribution in [1.82, 2.24) is 14.9 Å². The highest BCUT2D eigenvalue weighted by molar-refractivity contribution is 7.98. The van der Waals surface area contributed by atoms with Gasteiger partial charge in [-0.05, 0) is 47.8 Å². The molecule has 3 rings (SSSR count). The number of benzene rings is 2. The molecule has 0 spiro atoms. The Kier molecular flexibility index (Phi) is 8.74. The molecule has 0 aliphatic rings. The van der Waals surface area contributed by atoms with Gasteiger partial charge in [-0.2, -0.15) is 11.8 Å². The molecule has 32 heavy (non-hydrogen) atoms. The van der Waals surface area contributed by atoms with Gasteiger partial charge in [0.2, 0.25) is 0 Å². The van der Waals surface area contributed by atoms with Crippen molar-refractivity contribution in [3.8, 4) is 16.9 Å². The first-order valence-corrected chi connectivity index (χ1v) is 11.7. The van der Waals surface area contributed by atoms with Crippen LogP contribution in [-0.4, -0.2) is 53.2 Å². The first-order valence-electron chi connectivity index (χ1n) is 10.3. The van der Waals surface area contributed by atoms with E-state index in [2.05, 4.69) is 10.3 Å². The summed E-state index contributed by atoms with van der Waals surface area (Å²) in [5, 5.41) is 2.83. The quantitative estimate of drug-likeness (QED) is 0.446. The Morgan fingerprint density at radius 2 is 2.00 bits per heavy atom. The van der Waals surface area contributed by atoms with E-state index in [1.54, 1.807) is 36.4 Å². The molecule has 0 radical (unpaired) electrons. The fourth-order valence-corrected chi connectivity index (χ4v) is 3.69. The molecule has 3 aromatic rings. The molecule has 0 aliphatic heterocycles. The third kappa shape index (κ3) is 6.37. The van der Waals surface area contributed by atoms with Crippen molar-refractivity contribution in [2.24, 2.45) is 0 Å². The number of thioether (sulfide) groups is 1. The molecule has 1 heterocycles. The lowest BCUT2D eigenvalue weighted by atomic mass is 9.98. The van der Waals surface area contributed by atoms with Crippen LogP contribution in [0.25, 0.3) is 11.1 Å². The number of amides is 1. The van der Waals surface area contributed by atoms with Crippen LogP contribution in [0.2, 0.25) is 0 Å². The lowest BCUT2D eigenvalue weighted by Crippen LogP contribution is -2.42. The molecular formula is C24H27N3O4S. The topological polar surface area (TPSA) is 82.5 Å². The normalized spacial score (nSPS) is 11.6. The second-order valence-corrected chi connectivity index (χ2v) is 8.04. The molecular weight excluding hydrogens is 426 g/mol. The van der Waals surface area contributed by atoms with Crippen molar-refractivity contribution in [3.05, 3.63) is 72.8 Å². The van der Waals surface area contributed by atoms with Crippen molar-refractivity contribution in [1.29, 1.82) is 0 Å². The maximum absolute atomic E-state index is 13.1. The van der Waals surface area contributed by atoms with Crippen LogP contribution in [0, 0.1) is 0 Å². The van der Waals surface area contributed by atoms with Crippen LogP contribution in [-0.2, 0) is 16.1 Å². The smallest absolute Gasteiger partial charge is 0.328 e. The monoisotopic (exact) mass is 453 g/mol. The summed E-state index contributed by atoms with van der Waals surface area (Å²) in [6.07, 6.45) is 7.79. The van der Waals surface area contributed by atoms with Crippen LogP contribution in [0.5, 0.6) is 5.75 Å². The van der Waals surface area contributed by atoms with Gasteiger partial charge in [0.1, 0.15) is 18.4 Å². The average Bonchev–Trinajstić information content (AvgIpc) is 3.35. The lowest BCUT2D eigenvalue weighted by Gasteiger charge is -2.18. The van der Waals surface area contributed by atoms with Gasteiger partial charge in [-0.15, -0.1) is 0 Å². The van der Waals surface area contributed by atoms with E-state index >= 15 is 0 Å². The van der Waals surface area contributed by atoms with Crippen LogP contribution in [0.4, 0.5) is 0 Å². The maximum Gasteiger partial charge on any atom is 0.328 e. The van der Waals surface area contributed by atoms with E-state index in [0.29, 0.717) is 30.9 Å². The summed E-state index contributed by atoms with van der Waals surface area (Å²) in [6, 6.07) is 14.3. The second kappa shape index (κ2) is 12.0. The van der Waals surface area contributed by atoms with E-state index in [1.165, 1.54) is 7.11 Å². The van der Waals surface area contributed by atoms with E-state index in [9.17, 15) is 9.59 Å². The summed E-state index contributed by atoms with van der Waals surface area (Å²) in [4.78, 5) is 29.3. The summed E-state index contributed by atoms with van der Waals surface area (Å²) in [5.74, 6) is 0.612. The van der Waals surface area contributed by atoms with E-state index in [-0.39, 0.29) is 5.91 Å². The summed E-state index contributed by atoms with van der Waals surface area (Å²) < 4.78 is 12.7. The first-order chi connectivity index (χ1) is 15.6. The Bertz CT molecular complexity index is 1010. The number of hydrogen-bond donors (Lipinski definition) is 1. The molecule has 0 bridgehead atoms. The third-order valence-corrected chi connectivity index (χ3v) is 5.54. The van der Waals surface area contributed by atoms with Gasteiger partial charge in [0.15, 0.2) is 0 Å². The lowest BCUT2D eigenvalue weighted by molar-refractivity contribution is -0.142. The zero-order valence-corrected chi connectivity index (χ0v) is 19.0. The molecule has 8 heteroatoms. The number of carbonyl (C=O) groups is 2. The fraction of sp³-hybridized carbons (Fsp3) is 0.292. The number of nitrogens with zero attached hydrogens (tertiary/aromatic N) is 2. The molecule has 1 amide bonds. The molecule has 0 saturated carbocycles. The van der Waals surface area contributed by atoms with Crippen molar-refractivity contribution < 1.29 is 19.1 Å². The number of esters is 1. The van der Waals surface area contributed by atoms with Crippen LogP contribution >= 0.6 is 11.8 Å². The molecule has 168 valence electrons. The molecule has 0 fully saturated rings. The van der Waals surface area contributed by atoms with E-state index < -0.39 is 12.0 Å². The number of ether oxygens (including phenoxy) is 2. The molecule has 7 nitrogen and oxygen atoms in total. The van der Waals surface area contributed by atoms with E-state index in [1.807, 2.05) is 53.4 Å². The van der Waals surface area contributed by atoms with Gasteiger partial charge in [-0.1, -0.05) is 30.3 Å². The molecule has 1 unspecified atom stereocenters. The highest BCUT2D eigenvalue weighted by atomic mass is 32.2. The van der Waals surface area contributed by atoms with Gasteiger partial charge in [0.05, 0.1) is 20.0 Å². The van der Waals surface area contributed by atoms with Crippen LogP contribution in [0.15, 0.2) is 67.3 Å². The number of nitrogens with one attached hydrogen (secondary N) is 1. The Labute approximate surface area is 192 Å². The van der Waals surface area contributed by atoms with Crippen molar-refractivity contribution >= 4 is 23.6 Å². The molecule has 1 aromatic heterocycles. The van der Waals surface area contributed by atoms with Gasteiger partial charge in [0, 0.05) is 18.0 Å². The summed E-state index contributed by atoms with van der Waals surface area (Å²) in [6.45, 7) is 1.13. The Morgan fingerprint density at radius 1 is 1.19 bits per heavy atom. The molecule has 2 aromatic carbocycles. The largest absolute Gasteiger partial charge is 0.492 e. The fourth-order valence-electron chi connectivity index (χ4n) is 3.22. The zero-order valence-electron chi connectivity index (χ0n) is 18.2. The third-order valence-electron chi connectivity index (χ3n) is 4.90. The molecule has 1 atom stereocenters. The number of aromatic nitrogens is 2. The van der Waals surface area contributed by atoms with Gasteiger partial charge in [0.25, 0.3) is 5.91 Å². The average molecular weight is 454 g/mol. The Morgan fingerprint density at radius 3 is 2.69 bits per heavy atom. The van der Waals surface area contributed by atoms with Gasteiger partial charge in [-0.3, -0.25) is 4.79 Å². The highest BCUT2D eigenvalue weighted by Gasteiger charge is 2.23. The summed E-state index contributed by atoms with van der Waals surface area (Å²) in [5.41, 5.74) is 2.09. The maximum atomic E-state index is 13.1. The standard InChI is InChI=1S/C24H27N3O4S/c1-30-24(29)22(10-15-32-2)26-23(28)20-9-8-19(31-14-13-27-12-11-25-17-27)16-21(20)18-6-4-3-5-7-18/h3-9,11-12,16-17,22H,10,13-15H2,1-2H3,(H,26,28). The van der Waals surface area contributed by atoms with Crippen molar-refractivity contribution in [2.45, 2.75) is 19.0 Å². The first kappa shape index (κ1) is 23.4. The number of hydrogen-bond acceptors (Lipinski definition) is 6. The minimum Gasteiger partial charge on any atom is -0.492 e. The Balaban J connectivity index is 1.81. The second-order valence-electron chi connectivity index (χ2n) is 7.05. The van der Waals surface area contributed by atoms with Gasteiger partial charge < -0.3 is 19.4 Å². The van der Waals surface area contributed by atoms with Gasteiger partial charge in [-0.25, -0.2) is 9.78 Å². The Hall–Kier alpha value is -3.26. The minimum absolute atomic E-state index is 0.328. The predicted octanol–water partition coefficient (Wildman–Crippen LogP) is 3.65. The molecule has 1 N–H and O–H groups in total. The number of imidazole rings is 1. The predicted molar refractivity (Wildman–Crippen MR) is 126 cm³/mol. The van der Waals surface area contributed by atoms with Crippen LogP contribution in [0.1, 0.15) is 16.8 Å². The zero-order chi connectivity index (χ0) is 22.8. The van der Waals surface area contributed by atoms with E-state index in [0.717, 1.165) is 16.9 Å². The highest BCUT2D eigenvalue weighted by Crippen LogP contribution is 2.28. The summed E-state index contributed by atoms with van der Waals surface area (Å²) >= 11 is 1.61. The van der Waals surface area contributed by atoms with Crippen LogP contribution < -0.4 is 10.1 Å². The van der Waals surface area contributed by atoms with Crippen molar-refractivity contribution in [3.63, 3.8) is 0 Å². The van der Waals surface area contributed by atoms with Crippen LogP contribution in [0.3, 0.4) is 0 Å². The molecule has 0 aliphatic carbocycles. The van der Waals surface area contributed by atoms with Gasteiger partial charge >= 0.3 is 5.97 Å². The number of methoxy groups -OCH3 is 1. The van der Waals surface area contributed by atoms with E-state index in [4.69, 9.17) is 9.47 Å². The number of rotatable bonds is 11. The minimum atomic E-state index is -0.699. The molecule has 0 saturated heterocycles. The summed E-state index contributed by atoms with van der Waals surface area (Å²) in [7, 11) is 1.33. The van der Waals surface area contributed by atoms with Crippen molar-refractivity contribution in [2.75, 3.05) is 25.7 Å². The number of carbonyl (C=O) groups excluding carboxylic acids is 2.